The van der Waals surface area contributed by atoms with Crippen LogP contribution in [0.2, 0.25) is 5.02 Å². The fraction of sp³-hybridized carbons (Fsp3) is 0.111. The predicted octanol–water partition coefficient (Wildman–Crippen LogP) is 4.09. The molecule has 0 aromatic heterocycles. The van der Waals surface area contributed by atoms with E-state index in [1.807, 2.05) is 18.2 Å². The molecule has 0 atom stereocenters. The van der Waals surface area contributed by atoms with Gasteiger partial charge >= 0.3 is 5.97 Å². The highest BCUT2D eigenvalue weighted by molar-refractivity contribution is 6.34. The van der Waals surface area contributed by atoms with Crippen molar-refractivity contribution in [3.63, 3.8) is 0 Å². The van der Waals surface area contributed by atoms with Crippen LogP contribution in [0.5, 0.6) is 5.75 Å². The number of carbonyl (C=O) groups excluding carboxylic acids is 1. The normalized spacial score (nSPS) is 11.0. The Morgan fingerprint density at radius 3 is 2.58 bits per heavy atom. The summed E-state index contributed by atoms with van der Waals surface area (Å²) in [6.07, 6.45) is 1.68. The average Bonchev–Trinajstić information content (AvgIpc) is 2.57. The van der Waals surface area contributed by atoms with E-state index in [4.69, 9.17) is 21.4 Å². The number of para-hydroxylation sites is 1. The van der Waals surface area contributed by atoms with E-state index < -0.39 is 5.97 Å². The second-order valence-electron chi connectivity index (χ2n) is 5.02. The first kappa shape index (κ1) is 17.6. The summed E-state index contributed by atoms with van der Waals surface area (Å²) in [6, 6.07) is 11.4. The molecule has 0 aliphatic rings. The van der Waals surface area contributed by atoms with E-state index in [0.29, 0.717) is 11.3 Å². The van der Waals surface area contributed by atoms with Crippen molar-refractivity contribution in [3.05, 3.63) is 64.2 Å². The number of ether oxygens (including phenoxy) is 1. The summed E-state index contributed by atoms with van der Waals surface area (Å²) in [5.41, 5.74) is 1.48. The fourth-order valence-corrected chi connectivity index (χ4v) is 2.22. The van der Waals surface area contributed by atoms with Crippen LogP contribution in [0.3, 0.4) is 0 Å². The number of hydrogen-bond acceptors (Lipinski definition) is 3. The third-order valence-electron chi connectivity index (χ3n) is 3.33. The molecule has 0 unspecified atom stereocenters. The van der Waals surface area contributed by atoms with Crippen LogP contribution in [-0.4, -0.2) is 24.1 Å². The lowest BCUT2D eigenvalue weighted by Gasteiger charge is -2.09. The summed E-state index contributed by atoms with van der Waals surface area (Å²) in [5.74, 6) is -0.829. The first-order chi connectivity index (χ1) is 11.4. The number of methoxy groups -OCH3 is 1. The van der Waals surface area contributed by atoms with Gasteiger partial charge in [0.25, 0.3) is 5.91 Å². The molecule has 2 rings (SSSR count). The van der Waals surface area contributed by atoms with E-state index in [1.165, 1.54) is 18.2 Å². The summed E-state index contributed by atoms with van der Waals surface area (Å²) in [6.45, 7) is 1.65. The van der Waals surface area contributed by atoms with Gasteiger partial charge in [-0.1, -0.05) is 29.8 Å². The third-order valence-corrected chi connectivity index (χ3v) is 3.66. The lowest BCUT2D eigenvalue weighted by molar-refractivity contribution is -0.112. The predicted molar refractivity (Wildman–Crippen MR) is 93.7 cm³/mol. The molecule has 1 amide bonds. The van der Waals surface area contributed by atoms with E-state index in [0.717, 1.165) is 5.56 Å². The van der Waals surface area contributed by atoms with Crippen molar-refractivity contribution in [2.75, 3.05) is 12.4 Å². The molecule has 0 heterocycles. The van der Waals surface area contributed by atoms with Crippen LogP contribution in [0, 0.1) is 0 Å². The molecule has 0 aliphatic carbocycles. The second-order valence-corrected chi connectivity index (χ2v) is 5.43. The zero-order valence-electron chi connectivity index (χ0n) is 13.2. The number of nitrogens with one attached hydrogen (secondary N) is 1. The third kappa shape index (κ3) is 4.14. The number of hydrogen-bond donors (Lipinski definition) is 2. The standard InChI is InChI=1S/C18H16ClNO4/c1-11(9-12-5-3-4-6-16(12)24-2)17(21)20-15-10-13(18(22)23)7-8-14(15)19/h3-10H,1-2H3,(H,20,21)(H,22,23). The van der Waals surface area contributed by atoms with Crippen molar-refractivity contribution >= 4 is 35.2 Å². The SMILES string of the molecule is COc1ccccc1C=C(C)C(=O)Nc1cc(C(=O)O)ccc1Cl. The van der Waals surface area contributed by atoms with Crippen molar-refractivity contribution in [1.29, 1.82) is 0 Å². The largest absolute Gasteiger partial charge is 0.496 e. The van der Waals surface area contributed by atoms with E-state index in [2.05, 4.69) is 5.32 Å². The van der Waals surface area contributed by atoms with E-state index in [9.17, 15) is 9.59 Å². The highest BCUT2D eigenvalue weighted by Crippen LogP contribution is 2.25. The molecule has 0 aliphatic heterocycles. The summed E-state index contributed by atoms with van der Waals surface area (Å²) in [7, 11) is 1.55. The van der Waals surface area contributed by atoms with Crippen LogP contribution < -0.4 is 10.1 Å². The zero-order valence-corrected chi connectivity index (χ0v) is 13.9. The molecule has 0 fully saturated rings. The summed E-state index contributed by atoms with van der Waals surface area (Å²) >= 11 is 6.01. The second kappa shape index (κ2) is 7.66. The number of carboxylic acid groups (broad SMARTS) is 1. The highest BCUT2D eigenvalue weighted by atomic mass is 35.5. The number of amides is 1. The molecule has 2 aromatic rings. The molecule has 6 heteroatoms. The van der Waals surface area contributed by atoms with Gasteiger partial charge in [-0.05, 0) is 37.3 Å². The number of rotatable bonds is 5. The minimum Gasteiger partial charge on any atom is -0.496 e. The first-order valence-electron chi connectivity index (χ1n) is 7.08. The number of benzene rings is 2. The molecule has 24 heavy (non-hydrogen) atoms. The molecule has 5 nitrogen and oxygen atoms in total. The van der Waals surface area contributed by atoms with Gasteiger partial charge in [0.1, 0.15) is 5.75 Å². The van der Waals surface area contributed by atoms with Gasteiger partial charge in [-0.15, -0.1) is 0 Å². The molecule has 0 bridgehead atoms. The average molecular weight is 346 g/mol. The summed E-state index contributed by atoms with van der Waals surface area (Å²) in [4.78, 5) is 23.3. The van der Waals surface area contributed by atoms with E-state index in [1.54, 1.807) is 26.2 Å². The van der Waals surface area contributed by atoms with Gasteiger partial charge in [0.2, 0.25) is 0 Å². The maximum atomic E-state index is 12.3. The van der Waals surface area contributed by atoms with Crippen molar-refractivity contribution in [2.45, 2.75) is 6.92 Å². The minimum absolute atomic E-state index is 0.0426. The molecule has 124 valence electrons. The smallest absolute Gasteiger partial charge is 0.335 e. The molecular weight excluding hydrogens is 330 g/mol. The van der Waals surface area contributed by atoms with Crippen LogP contribution in [-0.2, 0) is 4.79 Å². The molecule has 0 saturated carbocycles. The Hall–Kier alpha value is -2.79. The van der Waals surface area contributed by atoms with E-state index >= 15 is 0 Å². The molecule has 0 saturated heterocycles. The number of aromatic carboxylic acids is 1. The van der Waals surface area contributed by atoms with Gasteiger partial charge in [0.15, 0.2) is 0 Å². The Morgan fingerprint density at radius 1 is 1.21 bits per heavy atom. The van der Waals surface area contributed by atoms with Crippen LogP contribution in [0.4, 0.5) is 5.69 Å². The Bertz CT molecular complexity index is 814. The lowest BCUT2D eigenvalue weighted by atomic mass is 10.1. The van der Waals surface area contributed by atoms with Crippen LogP contribution in [0.25, 0.3) is 6.08 Å². The van der Waals surface area contributed by atoms with Crippen molar-refractivity contribution < 1.29 is 19.4 Å². The summed E-state index contributed by atoms with van der Waals surface area (Å²) in [5, 5.41) is 11.9. The maximum absolute atomic E-state index is 12.3. The number of halogens is 1. The van der Waals surface area contributed by atoms with Crippen molar-refractivity contribution in [1.82, 2.24) is 0 Å². The van der Waals surface area contributed by atoms with Gasteiger partial charge in [-0.3, -0.25) is 4.79 Å². The molecule has 2 N–H and O–H groups in total. The maximum Gasteiger partial charge on any atom is 0.335 e. The number of anilines is 1. The first-order valence-corrected chi connectivity index (χ1v) is 7.45. The van der Waals surface area contributed by atoms with Gasteiger partial charge in [0, 0.05) is 11.1 Å². The fourth-order valence-electron chi connectivity index (χ4n) is 2.06. The van der Waals surface area contributed by atoms with Crippen LogP contribution in [0.1, 0.15) is 22.8 Å². The molecular formula is C18H16ClNO4. The molecule has 0 radical (unpaired) electrons. The van der Waals surface area contributed by atoms with Crippen LogP contribution in [0.15, 0.2) is 48.0 Å². The van der Waals surface area contributed by atoms with Crippen molar-refractivity contribution in [3.8, 4) is 5.75 Å². The molecule has 2 aromatic carbocycles. The number of carboxylic acids is 1. The Kier molecular flexibility index (Phi) is 5.60. The lowest BCUT2D eigenvalue weighted by Crippen LogP contribution is -2.13. The zero-order chi connectivity index (χ0) is 17.7. The Morgan fingerprint density at radius 2 is 1.92 bits per heavy atom. The van der Waals surface area contributed by atoms with E-state index in [-0.39, 0.29) is 22.2 Å². The quantitative estimate of drug-likeness (QED) is 0.800. The molecule has 0 spiro atoms. The van der Waals surface area contributed by atoms with Gasteiger partial charge in [0.05, 0.1) is 23.4 Å². The monoisotopic (exact) mass is 345 g/mol. The Labute approximate surface area is 144 Å². The Balaban J connectivity index is 2.25. The van der Waals surface area contributed by atoms with Crippen molar-refractivity contribution in [2.24, 2.45) is 0 Å². The van der Waals surface area contributed by atoms with Gasteiger partial charge < -0.3 is 15.2 Å². The topological polar surface area (TPSA) is 75.6 Å². The van der Waals surface area contributed by atoms with Gasteiger partial charge in [-0.25, -0.2) is 4.79 Å². The van der Waals surface area contributed by atoms with Crippen LogP contribution >= 0.6 is 11.6 Å². The van der Waals surface area contributed by atoms with Gasteiger partial charge in [-0.2, -0.15) is 0 Å². The summed E-state index contributed by atoms with van der Waals surface area (Å²) < 4.78 is 5.24. The number of carbonyl (C=O) groups is 2. The highest BCUT2D eigenvalue weighted by Gasteiger charge is 2.12. The minimum atomic E-state index is -1.09.